The van der Waals surface area contributed by atoms with E-state index in [0.717, 1.165) is 6.20 Å². The van der Waals surface area contributed by atoms with Crippen molar-refractivity contribution >= 4 is 11.8 Å². The molecule has 2 aliphatic rings. The molecule has 2 bridgehead atoms. The molecule has 7 nitrogen and oxygen atoms in total. The maximum absolute atomic E-state index is 13.8. The third kappa shape index (κ3) is 3.61. The topological polar surface area (TPSA) is 91.6 Å². The van der Waals surface area contributed by atoms with Crippen LogP contribution >= 0.6 is 0 Å². The third-order valence-corrected chi connectivity index (χ3v) is 5.99. The van der Waals surface area contributed by atoms with Crippen molar-refractivity contribution in [2.24, 2.45) is 5.92 Å². The summed E-state index contributed by atoms with van der Waals surface area (Å²) in [5, 5.41) is 12.6. The Morgan fingerprint density at radius 2 is 1.88 bits per heavy atom. The molecule has 3 heterocycles. The lowest BCUT2D eigenvalue weighted by atomic mass is 9.95. The number of hydrogen-bond donors (Lipinski definition) is 2. The number of aromatic nitrogens is 1. The van der Waals surface area contributed by atoms with E-state index in [1.54, 1.807) is 0 Å². The summed E-state index contributed by atoms with van der Waals surface area (Å²) in [4.78, 5) is 39.4. The summed E-state index contributed by atoms with van der Waals surface area (Å²) in [6, 6.07) is 0.301. The second-order valence-corrected chi connectivity index (χ2v) is 7.88. The van der Waals surface area contributed by atoms with Crippen LogP contribution in [0, 0.1) is 23.4 Å². The van der Waals surface area contributed by atoms with Crippen LogP contribution in [0.2, 0.25) is 0 Å². The van der Waals surface area contributed by atoms with E-state index in [-0.39, 0.29) is 12.2 Å². The zero-order valence-corrected chi connectivity index (χ0v) is 16.7. The minimum absolute atomic E-state index is 0.162. The maximum Gasteiger partial charge on any atom is 0.274 e. The van der Waals surface area contributed by atoms with Gasteiger partial charge in [0.15, 0.2) is 11.4 Å². The van der Waals surface area contributed by atoms with Gasteiger partial charge < -0.3 is 19.9 Å². The molecule has 2 atom stereocenters. The molecule has 170 valence electrons. The standard InChI is InChI=1S/C21H19F4N3O4/c22-6-10-2-1-3-27-9-16(10)28-8-13(18(29)19(30)17(28)21(27)32)20(31)26-7-12-14(24)4-11(23)5-15(12)25/h4-5,8,10,16,30H,1-3,6-7,9H2,(H,26,31). The number of carbonyl (C=O) groups excluding carboxylic acids is 2. The van der Waals surface area contributed by atoms with Crippen molar-refractivity contribution in [2.75, 3.05) is 19.8 Å². The number of alkyl halides is 1. The van der Waals surface area contributed by atoms with Gasteiger partial charge in [-0.25, -0.2) is 13.2 Å². The van der Waals surface area contributed by atoms with Gasteiger partial charge >= 0.3 is 0 Å². The molecule has 1 aromatic carbocycles. The van der Waals surface area contributed by atoms with E-state index >= 15 is 0 Å². The quantitative estimate of drug-likeness (QED) is 0.695. The van der Waals surface area contributed by atoms with Crippen LogP contribution in [0.5, 0.6) is 5.75 Å². The van der Waals surface area contributed by atoms with Crippen molar-refractivity contribution in [1.82, 2.24) is 14.8 Å². The molecule has 1 aromatic heterocycles. The number of amides is 2. The first-order valence-electron chi connectivity index (χ1n) is 9.97. The second-order valence-electron chi connectivity index (χ2n) is 7.88. The molecular formula is C21H19F4N3O4. The zero-order valence-electron chi connectivity index (χ0n) is 16.7. The normalized spacial score (nSPS) is 20.0. The van der Waals surface area contributed by atoms with Crippen molar-refractivity contribution in [1.29, 1.82) is 0 Å². The van der Waals surface area contributed by atoms with Gasteiger partial charge in [0.05, 0.1) is 12.7 Å². The Hall–Kier alpha value is -3.37. The number of pyridine rings is 1. The van der Waals surface area contributed by atoms with Gasteiger partial charge in [-0.3, -0.25) is 18.8 Å². The Morgan fingerprint density at radius 3 is 2.53 bits per heavy atom. The van der Waals surface area contributed by atoms with E-state index in [1.807, 2.05) is 0 Å². The van der Waals surface area contributed by atoms with Gasteiger partial charge in [0.1, 0.15) is 23.0 Å². The van der Waals surface area contributed by atoms with Gasteiger partial charge in [0, 0.05) is 49.4 Å². The van der Waals surface area contributed by atoms with E-state index in [9.17, 15) is 37.1 Å². The van der Waals surface area contributed by atoms with E-state index in [1.165, 1.54) is 9.47 Å². The largest absolute Gasteiger partial charge is 0.503 e. The highest BCUT2D eigenvalue weighted by molar-refractivity contribution is 5.99. The predicted molar refractivity (Wildman–Crippen MR) is 103 cm³/mol. The molecule has 2 unspecified atom stereocenters. The number of fused-ring (bicyclic) bond motifs is 4. The number of halogens is 4. The van der Waals surface area contributed by atoms with Crippen LogP contribution in [0.15, 0.2) is 23.1 Å². The first kappa shape index (κ1) is 21.8. The summed E-state index contributed by atoms with van der Waals surface area (Å²) >= 11 is 0. The number of nitrogens with one attached hydrogen (secondary N) is 1. The van der Waals surface area contributed by atoms with Gasteiger partial charge in [0.2, 0.25) is 5.43 Å². The van der Waals surface area contributed by atoms with Crippen LogP contribution in [-0.4, -0.2) is 46.2 Å². The molecule has 2 N–H and O–H groups in total. The highest BCUT2D eigenvalue weighted by Crippen LogP contribution is 2.35. The average molecular weight is 453 g/mol. The zero-order chi connectivity index (χ0) is 23.2. The molecule has 11 heteroatoms. The molecule has 0 aliphatic carbocycles. The van der Waals surface area contributed by atoms with Gasteiger partial charge in [-0.05, 0) is 12.8 Å². The monoisotopic (exact) mass is 453 g/mol. The van der Waals surface area contributed by atoms with Crippen LogP contribution in [0.1, 0.15) is 45.3 Å². The van der Waals surface area contributed by atoms with Crippen molar-refractivity contribution in [3.63, 3.8) is 0 Å². The van der Waals surface area contributed by atoms with Crippen molar-refractivity contribution in [3.05, 3.63) is 62.8 Å². The van der Waals surface area contributed by atoms with Crippen LogP contribution in [0.4, 0.5) is 17.6 Å². The number of nitrogens with zero attached hydrogens (tertiary/aromatic N) is 2. The van der Waals surface area contributed by atoms with E-state index < -0.39 is 76.8 Å². The minimum atomic E-state index is -1.22. The molecule has 0 radical (unpaired) electrons. The maximum atomic E-state index is 13.8. The molecule has 2 amide bonds. The molecule has 2 aliphatic heterocycles. The van der Waals surface area contributed by atoms with Gasteiger partial charge in [-0.15, -0.1) is 0 Å². The molecule has 1 fully saturated rings. The van der Waals surface area contributed by atoms with E-state index in [4.69, 9.17) is 0 Å². The fraction of sp³-hybridized carbons (Fsp3) is 0.381. The first-order valence-corrected chi connectivity index (χ1v) is 9.97. The van der Waals surface area contributed by atoms with Crippen LogP contribution in [0.25, 0.3) is 0 Å². The molecule has 4 rings (SSSR count). The number of benzene rings is 1. The third-order valence-electron chi connectivity index (χ3n) is 5.99. The van der Waals surface area contributed by atoms with E-state index in [0.29, 0.717) is 31.5 Å². The lowest BCUT2D eigenvalue weighted by Crippen LogP contribution is -2.46. The van der Waals surface area contributed by atoms with Crippen molar-refractivity contribution in [3.8, 4) is 5.75 Å². The lowest BCUT2D eigenvalue weighted by molar-refractivity contribution is 0.0651. The molecular weight excluding hydrogens is 434 g/mol. The predicted octanol–water partition coefficient (Wildman–Crippen LogP) is 2.28. The number of aromatic hydroxyl groups is 1. The summed E-state index contributed by atoms with van der Waals surface area (Å²) in [6.45, 7) is -0.863. The fourth-order valence-corrected chi connectivity index (χ4v) is 4.29. The Labute approximate surface area is 179 Å². The number of hydrogen-bond acceptors (Lipinski definition) is 4. The SMILES string of the molecule is O=C(NCc1c(F)cc(F)cc1F)c1cn2c(c(O)c1=O)C(=O)N1CCCC(CF)C2C1. The highest BCUT2D eigenvalue weighted by Gasteiger charge is 2.40. The summed E-state index contributed by atoms with van der Waals surface area (Å²) in [6.07, 6.45) is 2.10. The van der Waals surface area contributed by atoms with Crippen molar-refractivity contribution in [2.45, 2.75) is 25.4 Å². The fourth-order valence-electron chi connectivity index (χ4n) is 4.29. The Kier molecular flexibility index (Phi) is 5.66. The van der Waals surface area contributed by atoms with Crippen LogP contribution in [-0.2, 0) is 6.54 Å². The molecule has 0 spiro atoms. The lowest BCUT2D eigenvalue weighted by Gasteiger charge is -2.36. The highest BCUT2D eigenvalue weighted by atomic mass is 19.1. The Bertz CT molecular complexity index is 1140. The molecule has 32 heavy (non-hydrogen) atoms. The number of carbonyl (C=O) groups is 2. The minimum Gasteiger partial charge on any atom is -0.503 e. The smallest absolute Gasteiger partial charge is 0.274 e. The first-order chi connectivity index (χ1) is 15.2. The van der Waals surface area contributed by atoms with Crippen molar-refractivity contribution < 1.29 is 32.3 Å². The molecule has 2 aromatic rings. The summed E-state index contributed by atoms with van der Waals surface area (Å²) in [5.74, 6) is -6.67. The van der Waals surface area contributed by atoms with Crippen LogP contribution < -0.4 is 10.7 Å². The average Bonchev–Trinajstić information content (AvgIpc) is 2.93. The summed E-state index contributed by atoms with van der Waals surface area (Å²) in [7, 11) is 0. The molecule has 1 saturated heterocycles. The summed E-state index contributed by atoms with van der Waals surface area (Å²) in [5.41, 5.74) is -2.65. The Morgan fingerprint density at radius 1 is 1.19 bits per heavy atom. The Balaban J connectivity index is 1.70. The number of rotatable bonds is 4. The van der Waals surface area contributed by atoms with Crippen LogP contribution in [0.3, 0.4) is 0 Å². The second kappa shape index (κ2) is 8.29. The summed E-state index contributed by atoms with van der Waals surface area (Å²) < 4.78 is 55.6. The van der Waals surface area contributed by atoms with Gasteiger partial charge in [-0.1, -0.05) is 0 Å². The molecule has 0 saturated carbocycles. The van der Waals surface area contributed by atoms with Gasteiger partial charge in [0.25, 0.3) is 11.8 Å². The van der Waals surface area contributed by atoms with Gasteiger partial charge in [-0.2, -0.15) is 0 Å². The van der Waals surface area contributed by atoms with E-state index in [2.05, 4.69) is 5.32 Å².